The van der Waals surface area contributed by atoms with E-state index >= 15 is 0 Å². The molecule has 2 atom stereocenters. The largest absolute Gasteiger partial charge is 0.110 e. The first-order valence-corrected chi connectivity index (χ1v) is 7.38. The predicted molar refractivity (Wildman–Crippen MR) is 59.4 cm³/mol. The minimum atomic E-state index is 0.296. The van der Waals surface area contributed by atoms with Gasteiger partial charge in [0, 0.05) is 0 Å². The Labute approximate surface area is 78.9 Å². The summed E-state index contributed by atoms with van der Waals surface area (Å²) in [5, 5.41) is 0. The standard InChI is InChI=1S/C11H23P/c1-9-6-10(12(4)5)8-11(2,3)7-9/h9-10H,6-8H2,1-5H3. The number of hydrogen-bond acceptors (Lipinski definition) is 0. The van der Waals surface area contributed by atoms with Crippen LogP contribution in [0.5, 0.6) is 0 Å². The Hall–Kier alpha value is 0.430. The van der Waals surface area contributed by atoms with Crippen LogP contribution in [-0.2, 0) is 0 Å². The smallest absolute Gasteiger partial charge is 0.0207 e. The Balaban J connectivity index is 2.58. The van der Waals surface area contributed by atoms with Crippen LogP contribution in [0.25, 0.3) is 0 Å². The lowest BCUT2D eigenvalue weighted by atomic mass is 9.73. The number of rotatable bonds is 1. The van der Waals surface area contributed by atoms with Gasteiger partial charge in [-0.3, -0.25) is 0 Å². The third-order valence-electron chi connectivity index (χ3n) is 3.09. The summed E-state index contributed by atoms with van der Waals surface area (Å²) in [7, 11) is 0.296. The minimum absolute atomic E-state index is 0.296. The van der Waals surface area contributed by atoms with Gasteiger partial charge in [-0.15, -0.1) is 7.92 Å². The highest BCUT2D eigenvalue weighted by atomic mass is 31.1. The van der Waals surface area contributed by atoms with Crippen molar-refractivity contribution >= 4 is 7.92 Å². The van der Waals surface area contributed by atoms with Crippen molar-refractivity contribution in [3.63, 3.8) is 0 Å². The van der Waals surface area contributed by atoms with Crippen molar-refractivity contribution in [2.75, 3.05) is 13.3 Å². The van der Waals surface area contributed by atoms with Crippen LogP contribution in [-0.4, -0.2) is 19.0 Å². The van der Waals surface area contributed by atoms with Crippen molar-refractivity contribution in [3.05, 3.63) is 0 Å². The Bertz CT molecular complexity index is 149. The van der Waals surface area contributed by atoms with E-state index in [1.807, 2.05) is 0 Å². The maximum absolute atomic E-state index is 2.44. The highest BCUT2D eigenvalue weighted by Crippen LogP contribution is 2.49. The van der Waals surface area contributed by atoms with Crippen LogP contribution in [0.3, 0.4) is 0 Å². The molecule has 1 saturated carbocycles. The summed E-state index contributed by atoms with van der Waals surface area (Å²) in [5.41, 5.74) is 1.66. The fourth-order valence-electron chi connectivity index (χ4n) is 2.69. The summed E-state index contributed by atoms with van der Waals surface area (Å²) in [5.74, 6) is 0.962. The van der Waals surface area contributed by atoms with Crippen LogP contribution in [0.15, 0.2) is 0 Å². The molecule has 1 heteroatoms. The molecule has 0 radical (unpaired) electrons. The van der Waals surface area contributed by atoms with E-state index in [4.69, 9.17) is 0 Å². The molecule has 0 spiro atoms. The maximum atomic E-state index is 2.44. The van der Waals surface area contributed by atoms with Crippen molar-refractivity contribution in [2.45, 2.75) is 45.7 Å². The Morgan fingerprint density at radius 2 is 1.75 bits per heavy atom. The topological polar surface area (TPSA) is 0 Å². The van der Waals surface area contributed by atoms with E-state index in [0.29, 0.717) is 13.3 Å². The molecule has 72 valence electrons. The Morgan fingerprint density at radius 3 is 2.17 bits per heavy atom. The second-order valence-corrected chi connectivity index (χ2v) is 8.19. The predicted octanol–water partition coefficient (Wildman–Crippen LogP) is 3.94. The molecule has 2 unspecified atom stereocenters. The van der Waals surface area contributed by atoms with Crippen LogP contribution in [0.4, 0.5) is 0 Å². The zero-order valence-electron chi connectivity index (χ0n) is 9.22. The van der Waals surface area contributed by atoms with Gasteiger partial charge < -0.3 is 0 Å². The highest BCUT2D eigenvalue weighted by Gasteiger charge is 2.32. The molecular weight excluding hydrogens is 163 g/mol. The van der Waals surface area contributed by atoms with E-state index in [2.05, 4.69) is 34.1 Å². The van der Waals surface area contributed by atoms with Gasteiger partial charge in [-0.05, 0) is 49.6 Å². The summed E-state index contributed by atoms with van der Waals surface area (Å²) in [6, 6.07) is 0. The molecule has 0 aliphatic heterocycles. The van der Waals surface area contributed by atoms with Crippen LogP contribution < -0.4 is 0 Å². The lowest BCUT2D eigenvalue weighted by Crippen LogP contribution is -2.29. The molecule has 0 aromatic carbocycles. The summed E-state index contributed by atoms with van der Waals surface area (Å²) >= 11 is 0. The minimum Gasteiger partial charge on any atom is -0.110 e. The zero-order chi connectivity index (χ0) is 9.35. The molecule has 0 saturated heterocycles. The lowest BCUT2D eigenvalue weighted by Gasteiger charge is -2.40. The molecule has 1 rings (SSSR count). The first-order chi connectivity index (χ1) is 5.41. The zero-order valence-corrected chi connectivity index (χ0v) is 10.1. The maximum Gasteiger partial charge on any atom is -0.0207 e. The molecule has 0 amide bonds. The van der Waals surface area contributed by atoms with Gasteiger partial charge in [0.1, 0.15) is 0 Å². The second kappa shape index (κ2) is 3.66. The molecule has 0 nitrogen and oxygen atoms in total. The van der Waals surface area contributed by atoms with Crippen molar-refractivity contribution in [2.24, 2.45) is 11.3 Å². The van der Waals surface area contributed by atoms with E-state index in [0.717, 1.165) is 11.6 Å². The SMILES string of the molecule is CC1CC(P(C)C)CC(C)(C)C1. The van der Waals surface area contributed by atoms with Crippen molar-refractivity contribution in [1.29, 1.82) is 0 Å². The van der Waals surface area contributed by atoms with Crippen molar-refractivity contribution < 1.29 is 0 Å². The summed E-state index contributed by atoms with van der Waals surface area (Å²) < 4.78 is 0. The van der Waals surface area contributed by atoms with E-state index in [1.54, 1.807) is 0 Å². The van der Waals surface area contributed by atoms with Gasteiger partial charge in [0.2, 0.25) is 0 Å². The quantitative estimate of drug-likeness (QED) is 0.544. The molecule has 1 fully saturated rings. The van der Waals surface area contributed by atoms with Gasteiger partial charge in [-0.2, -0.15) is 0 Å². The molecule has 0 bridgehead atoms. The van der Waals surface area contributed by atoms with Gasteiger partial charge in [0.15, 0.2) is 0 Å². The molecular formula is C11H23P. The van der Waals surface area contributed by atoms with E-state index in [1.165, 1.54) is 19.3 Å². The van der Waals surface area contributed by atoms with Crippen LogP contribution >= 0.6 is 7.92 Å². The lowest BCUT2D eigenvalue weighted by molar-refractivity contribution is 0.195. The average molecular weight is 186 g/mol. The van der Waals surface area contributed by atoms with Gasteiger partial charge in [0.25, 0.3) is 0 Å². The summed E-state index contributed by atoms with van der Waals surface area (Å²) in [6.45, 7) is 12.2. The summed E-state index contributed by atoms with van der Waals surface area (Å²) in [4.78, 5) is 0. The van der Waals surface area contributed by atoms with Gasteiger partial charge in [-0.25, -0.2) is 0 Å². The molecule has 0 N–H and O–H groups in total. The molecule has 0 heterocycles. The average Bonchev–Trinajstić information content (AvgIpc) is 1.82. The molecule has 0 aromatic heterocycles. The van der Waals surface area contributed by atoms with E-state index < -0.39 is 0 Å². The van der Waals surface area contributed by atoms with E-state index in [9.17, 15) is 0 Å². The third kappa shape index (κ3) is 2.73. The van der Waals surface area contributed by atoms with Gasteiger partial charge in [0.05, 0.1) is 0 Å². The third-order valence-corrected chi connectivity index (χ3v) is 4.95. The second-order valence-electron chi connectivity index (χ2n) is 5.53. The van der Waals surface area contributed by atoms with Crippen LogP contribution in [0.1, 0.15) is 40.0 Å². The first-order valence-electron chi connectivity index (χ1n) is 5.07. The van der Waals surface area contributed by atoms with E-state index in [-0.39, 0.29) is 0 Å². The molecule has 0 aromatic rings. The van der Waals surface area contributed by atoms with Crippen molar-refractivity contribution in [1.82, 2.24) is 0 Å². The molecule has 1 aliphatic carbocycles. The highest BCUT2D eigenvalue weighted by molar-refractivity contribution is 7.56. The first kappa shape index (κ1) is 10.5. The summed E-state index contributed by atoms with van der Waals surface area (Å²) in [6.07, 6.45) is 4.39. The molecule has 1 aliphatic rings. The van der Waals surface area contributed by atoms with Gasteiger partial charge >= 0.3 is 0 Å². The van der Waals surface area contributed by atoms with Crippen LogP contribution in [0, 0.1) is 11.3 Å². The van der Waals surface area contributed by atoms with Crippen LogP contribution in [0.2, 0.25) is 0 Å². The van der Waals surface area contributed by atoms with Gasteiger partial charge in [-0.1, -0.05) is 20.8 Å². The molecule has 12 heavy (non-hydrogen) atoms. The Morgan fingerprint density at radius 1 is 1.17 bits per heavy atom. The fourth-order valence-corrected chi connectivity index (χ4v) is 4.33. The fraction of sp³-hybridized carbons (Fsp3) is 1.00. The Kier molecular flexibility index (Phi) is 3.21. The van der Waals surface area contributed by atoms with Crippen molar-refractivity contribution in [3.8, 4) is 0 Å². The number of hydrogen-bond donors (Lipinski definition) is 0. The normalized spacial score (nSPS) is 35.5. The monoisotopic (exact) mass is 186 g/mol.